The summed E-state index contributed by atoms with van der Waals surface area (Å²) in [5.74, 6) is 0.202. The van der Waals surface area contributed by atoms with Crippen molar-refractivity contribution in [1.29, 1.82) is 0 Å². The summed E-state index contributed by atoms with van der Waals surface area (Å²) in [7, 11) is 0. The number of hydrogen-bond donors (Lipinski definition) is 1. The lowest BCUT2D eigenvalue weighted by Crippen LogP contribution is -2.36. The molecule has 0 aromatic heterocycles. The van der Waals surface area contributed by atoms with E-state index in [4.69, 9.17) is 0 Å². The fourth-order valence-corrected chi connectivity index (χ4v) is 0.610. The third-order valence-electron chi connectivity index (χ3n) is 1.14. The number of alkyl halides is 1. The third-order valence-corrected chi connectivity index (χ3v) is 2.12. The Morgan fingerprint density at radius 3 is 2.30 bits per heavy atom. The van der Waals surface area contributed by atoms with Gasteiger partial charge in [0.15, 0.2) is 0 Å². The Bertz CT molecular complexity index is 114. The van der Waals surface area contributed by atoms with Crippen LogP contribution in [0.15, 0.2) is 0 Å². The van der Waals surface area contributed by atoms with Gasteiger partial charge < -0.3 is 5.32 Å². The van der Waals surface area contributed by atoms with E-state index in [1.807, 2.05) is 20.8 Å². The molecule has 0 fully saturated rings. The van der Waals surface area contributed by atoms with Crippen LogP contribution in [0.4, 0.5) is 0 Å². The molecule has 3 heteroatoms. The molecule has 1 unspecified atom stereocenters. The van der Waals surface area contributed by atoms with E-state index in [-0.39, 0.29) is 17.9 Å². The molecule has 0 bridgehead atoms. The molecule has 1 amide bonds. The number of amides is 1. The highest BCUT2D eigenvalue weighted by Gasteiger charge is 2.08. The number of rotatable bonds is 3. The van der Waals surface area contributed by atoms with Crippen LogP contribution in [0.2, 0.25) is 0 Å². The molecule has 0 radical (unpaired) electrons. The standard InChI is InChI=1S/C7H14BrNO/c1-5(2)7(10)9-6(3)4-8/h5-6H,4H2,1-3H3,(H,9,10). The van der Waals surface area contributed by atoms with Gasteiger partial charge in [-0.25, -0.2) is 0 Å². The van der Waals surface area contributed by atoms with Crippen molar-refractivity contribution in [2.45, 2.75) is 26.8 Å². The number of carbonyl (C=O) groups excluding carboxylic acids is 1. The van der Waals surface area contributed by atoms with Gasteiger partial charge >= 0.3 is 0 Å². The molecule has 0 aromatic rings. The minimum Gasteiger partial charge on any atom is -0.353 e. The molecule has 0 aliphatic rings. The number of carbonyl (C=O) groups is 1. The van der Waals surface area contributed by atoms with Crippen molar-refractivity contribution in [3.05, 3.63) is 0 Å². The smallest absolute Gasteiger partial charge is 0.222 e. The van der Waals surface area contributed by atoms with E-state index in [0.29, 0.717) is 0 Å². The van der Waals surface area contributed by atoms with Crippen molar-refractivity contribution in [3.8, 4) is 0 Å². The Labute approximate surface area is 70.5 Å². The maximum atomic E-state index is 11.0. The predicted molar refractivity (Wildman–Crippen MR) is 46.2 cm³/mol. The van der Waals surface area contributed by atoms with E-state index in [2.05, 4.69) is 21.2 Å². The number of nitrogens with one attached hydrogen (secondary N) is 1. The van der Waals surface area contributed by atoms with Gasteiger partial charge in [0.1, 0.15) is 0 Å². The Hall–Kier alpha value is -0.0500. The zero-order valence-electron chi connectivity index (χ0n) is 6.65. The maximum absolute atomic E-state index is 11.0. The minimum atomic E-state index is 0.0847. The molecule has 0 heterocycles. The SMILES string of the molecule is CC(CBr)NC(=O)C(C)C. The van der Waals surface area contributed by atoms with E-state index in [1.54, 1.807) is 0 Å². The highest BCUT2D eigenvalue weighted by molar-refractivity contribution is 9.09. The van der Waals surface area contributed by atoms with Crippen LogP contribution >= 0.6 is 15.9 Å². The van der Waals surface area contributed by atoms with Gasteiger partial charge in [0.25, 0.3) is 0 Å². The first kappa shape index (κ1) is 9.95. The Morgan fingerprint density at radius 1 is 1.50 bits per heavy atom. The zero-order valence-corrected chi connectivity index (χ0v) is 8.23. The number of halogens is 1. The molecule has 1 atom stereocenters. The average Bonchev–Trinajstić information content (AvgIpc) is 1.87. The van der Waals surface area contributed by atoms with Gasteiger partial charge in [-0.05, 0) is 6.92 Å². The van der Waals surface area contributed by atoms with Crippen LogP contribution in [0.25, 0.3) is 0 Å². The molecule has 0 saturated heterocycles. The van der Waals surface area contributed by atoms with E-state index in [0.717, 1.165) is 5.33 Å². The van der Waals surface area contributed by atoms with Gasteiger partial charge in [-0.15, -0.1) is 0 Å². The first-order valence-corrected chi connectivity index (χ1v) is 4.56. The quantitative estimate of drug-likeness (QED) is 0.700. The summed E-state index contributed by atoms with van der Waals surface area (Å²) in [5.41, 5.74) is 0. The molecule has 60 valence electrons. The van der Waals surface area contributed by atoms with Crippen LogP contribution in [-0.2, 0) is 4.79 Å². The molecule has 0 aliphatic heterocycles. The lowest BCUT2D eigenvalue weighted by Gasteiger charge is -2.11. The topological polar surface area (TPSA) is 29.1 Å². The highest BCUT2D eigenvalue weighted by Crippen LogP contribution is 1.94. The van der Waals surface area contributed by atoms with E-state index in [9.17, 15) is 4.79 Å². The summed E-state index contributed by atoms with van der Waals surface area (Å²) in [5, 5.41) is 3.65. The monoisotopic (exact) mass is 207 g/mol. The van der Waals surface area contributed by atoms with Crippen molar-refractivity contribution in [2.24, 2.45) is 5.92 Å². The molecular weight excluding hydrogens is 194 g/mol. The first-order valence-electron chi connectivity index (χ1n) is 3.44. The highest BCUT2D eigenvalue weighted by atomic mass is 79.9. The molecule has 0 spiro atoms. The third kappa shape index (κ3) is 3.88. The zero-order chi connectivity index (χ0) is 8.15. The van der Waals surface area contributed by atoms with E-state index >= 15 is 0 Å². The largest absolute Gasteiger partial charge is 0.353 e. The van der Waals surface area contributed by atoms with Crippen LogP contribution in [0.3, 0.4) is 0 Å². The van der Waals surface area contributed by atoms with Crippen molar-refractivity contribution in [2.75, 3.05) is 5.33 Å². The summed E-state index contributed by atoms with van der Waals surface area (Å²) in [6.45, 7) is 5.74. The van der Waals surface area contributed by atoms with Crippen LogP contribution in [-0.4, -0.2) is 17.3 Å². The summed E-state index contributed by atoms with van der Waals surface area (Å²) in [4.78, 5) is 11.0. The van der Waals surface area contributed by atoms with Crippen LogP contribution < -0.4 is 5.32 Å². The Kier molecular flexibility index (Phi) is 4.69. The first-order chi connectivity index (χ1) is 4.57. The van der Waals surface area contributed by atoms with Gasteiger partial charge in [-0.2, -0.15) is 0 Å². The molecule has 0 aromatic carbocycles. The average molecular weight is 208 g/mol. The van der Waals surface area contributed by atoms with Crippen LogP contribution in [0, 0.1) is 5.92 Å². The summed E-state index contributed by atoms with van der Waals surface area (Å²) in [6.07, 6.45) is 0. The van der Waals surface area contributed by atoms with Gasteiger partial charge in [0, 0.05) is 17.3 Å². The molecule has 10 heavy (non-hydrogen) atoms. The fraction of sp³-hybridized carbons (Fsp3) is 0.857. The molecule has 0 aliphatic carbocycles. The van der Waals surface area contributed by atoms with Crippen LogP contribution in [0.5, 0.6) is 0 Å². The van der Waals surface area contributed by atoms with Gasteiger partial charge in [-0.3, -0.25) is 4.79 Å². The second-order valence-corrected chi connectivity index (χ2v) is 3.37. The van der Waals surface area contributed by atoms with Crippen molar-refractivity contribution < 1.29 is 4.79 Å². The van der Waals surface area contributed by atoms with Crippen LogP contribution in [0.1, 0.15) is 20.8 Å². The van der Waals surface area contributed by atoms with Gasteiger partial charge in [0.05, 0.1) is 0 Å². The fourth-order valence-electron chi connectivity index (χ4n) is 0.448. The second-order valence-electron chi connectivity index (χ2n) is 2.72. The maximum Gasteiger partial charge on any atom is 0.222 e. The number of hydrogen-bond acceptors (Lipinski definition) is 1. The summed E-state index contributed by atoms with van der Waals surface area (Å²) < 4.78 is 0. The molecular formula is C7H14BrNO. The lowest BCUT2D eigenvalue weighted by atomic mass is 10.2. The molecule has 0 rings (SSSR count). The van der Waals surface area contributed by atoms with Crippen molar-refractivity contribution >= 4 is 21.8 Å². The summed E-state index contributed by atoms with van der Waals surface area (Å²) >= 11 is 3.28. The van der Waals surface area contributed by atoms with Gasteiger partial charge in [-0.1, -0.05) is 29.8 Å². The van der Waals surface area contributed by atoms with Gasteiger partial charge in [0.2, 0.25) is 5.91 Å². The van der Waals surface area contributed by atoms with E-state index in [1.165, 1.54) is 0 Å². The normalized spacial score (nSPS) is 13.3. The molecule has 0 saturated carbocycles. The summed E-state index contributed by atoms with van der Waals surface area (Å²) in [6, 6.07) is 0.231. The molecule has 2 nitrogen and oxygen atoms in total. The van der Waals surface area contributed by atoms with Crippen molar-refractivity contribution in [3.63, 3.8) is 0 Å². The lowest BCUT2D eigenvalue weighted by molar-refractivity contribution is -0.124. The Balaban J connectivity index is 3.57. The minimum absolute atomic E-state index is 0.0847. The Morgan fingerprint density at radius 2 is 2.00 bits per heavy atom. The second kappa shape index (κ2) is 4.72. The molecule has 1 N–H and O–H groups in total. The van der Waals surface area contributed by atoms with E-state index < -0.39 is 0 Å². The predicted octanol–water partition coefficient (Wildman–Crippen LogP) is 1.54. The van der Waals surface area contributed by atoms with Crippen molar-refractivity contribution in [1.82, 2.24) is 5.32 Å².